The number of halogens is 6. The SMILES string of the molecule is N#Cc1c(C(F)(F)F)cc(-c2ccc(OC(F)F)cc2)nc1SCC(=O)Nc1ccccc1F. The van der Waals surface area contributed by atoms with Crippen molar-refractivity contribution >= 4 is 23.4 Å². The number of thioether (sulfide) groups is 1. The maximum absolute atomic E-state index is 13.7. The van der Waals surface area contributed by atoms with E-state index in [9.17, 15) is 36.4 Å². The maximum atomic E-state index is 13.7. The Hall–Kier alpha value is -3.72. The van der Waals surface area contributed by atoms with Gasteiger partial charge in [-0.15, -0.1) is 0 Å². The standard InChI is InChI=1S/C22H13F6N3O2S/c23-16-3-1-2-4-17(16)30-19(32)11-34-20-14(10-29)15(22(26,27)28)9-18(31-20)12-5-7-13(8-6-12)33-21(24)25/h1-9,21H,11H2,(H,30,32). The fourth-order valence-electron chi connectivity index (χ4n) is 2.80. The van der Waals surface area contributed by atoms with Gasteiger partial charge >= 0.3 is 12.8 Å². The van der Waals surface area contributed by atoms with Crippen molar-refractivity contribution in [3.8, 4) is 23.1 Å². The third-order valence-corrected chi connectivity index (χ3v) is 5.24. The van der Waals surface area contributed by atoms with E-state index < -0.39 is 41.4 Å². The Labute approximate surface area is 193 Å². The molecule has 176 valence electrons. The lowest BCUT2D eigenvalue weighted by molar-refractivity contribution is -0.138. The fourth-order valence-corrected chi connectivity index (χ4v) is 3.60. The minimum absolute atomic E-state index is 0.114. The second kappa shape index (κ2) is 10.5. The van der Waals surface area contributed by atoms with Crippen LogP contribution < -0.4 is 10.1 Å². The Morgan fingerprint density at radius 3 is 2.41 bits per heavy atom. The van der Waals surface area contributed by atoms with E-state index in [1.807, 2.05) is 0 Å². The summed E-state index contributed by atoms with van der Waals surface area (Å²) in [7, 11) is 0. The van der Waals surface area contributed by atoms with Crippen LogP contribution in [-0.2, 0) is 11.0 Å². The Morgan fingerprint density at radius 1 is 1.15 bits per heavy atom. The highest BCUT2D eigenvalue weighted by molar-refractivity contribution is 8.00. The number of amides is 1. The van der Waals surface area contributed by atoms with Crippen LogP contribution in [0.3, 0.4) is 0 Å². The summed E-state index contributed by atoms with van der Waals surface area (Å²) in [5.41, 5.74) is -2.24. The lowest BCUT2D eigenvalue weighted by Gasteiger charge is -2.14. The number of para-hydroxylation sites is 1. The van der Waals surface area contributed by atoms with Gasteiger partial charge in [-0.25, -0.2) is 9.37 Å². The molecular weight excluding hydrogens is 484 g/mol. The van der Waals surface area contributed by atoms with E-state index in [-0.39, 0.29) is 27.7 Å². The molecule has 1 aromatic heterocycles. The lowest BCUT2D eigenvalue weighted by Crippen LogP contribution is -2.16. The predicted octanol–water partition coefficient (Wildman–Crippen LogP) is 6.11. The van der Waals surface area contributed by atoms with Gasteiger partial charge in [0, 0.05) is 5.56 Å². The number of carbonyl (C=O) groups excluding carboxylic acids is 1. The van der Waals surface area contributed by atoms with Crippen molar-refractivity contribution in [2.75, 3.05) is 11.1 Å². The van der Waals surface area contributed by atoms with Gasteiger partial charge in [0.1, 0.15) is 22.7 Å². The smallest absolute Gasteiger partial charge is 0.417 e. The number of alkyl halides is 5. The predicted molar refractivity (Wildman–Crippen MR) is 112 cm³/mol. The minimum Gasteiger partial charge on any atom is -0.435 e. The third-order valence-electron chi connectivity index (χ3n) is 4.27. The number of aromatic nitrogens is 1. The number of anilines is 1. The van der Waals surface area contributed by atoms with E-state index in [0.29, 0.717) is 17.8 Å². The van der Waals surface area contributed by atoms with E-state index in [2.05, 4.69) is 15.0 Å². The number of pyridine rings is 1. The summed E-state index contributed by atoms with van der Waals surface area (Å²) >= 11 is 0.564. The molecule has 0 fully saturated rings. The van der Waals surface area contributed by atoms with Gasteiger partial charge in [-0.2, -0.15) is 27.2 Å². The first-order valence-corrected chi connectivity index (χ1v) is 10.3. The highest BCUT2D eigenvalue weighted by atomic mass is 32.2. The largest absolute Gasteiger partial charge is 0.435 e. The molecule has 12 heteroatoms. The van der Waals surface area contributed by atoms with Crippen LogP contribution >= 0.6 is 11.8 Å². The van der Waals surface area contributed by atoms with E-state index in [0.717, 1.165) is 18.2 Å². The van der Waals surface area contributed by atoms with E-state index in [1.165, 1.54) is 36.4 Å². The summed E-state index contributed by atoms with van der Waals surface area (Å²) in [5, 5.41) is 11.3. The Balaban J connectivity index is 1.92. The number of carbonyl (C=O) groups is 1. The zero-order chi connectivity index (χ0) is 24.9. The van der Waals surface area contributed by atoms with Crippen molar-refractivity contribution in [1.29, 1.82) is 5.26 Å². The topological polar surface area (TPSA) is 75.0 Å². The van der Waals surface area contributed by atoms with Crippen LogP contribution in [0.4, 0.5) is 32.0 Å². The van der Waals surface area contributed by atoms with Gasteiger partial charge in [0.25, 0.3) is 0 Å². The van der Waals surface area contributed by atoms with Crippen molar-refractivity contribution in [2.45, 2.75) is 17.8 Å². The van der Waals surface area contributed by atoms with Crippen LogP contribution in [0, 0.1) is 17.1 Å². The first-order valence-electron chi connectivity index (χ1n) is 9.33. The summed E-state index contributed by atoms with van der Waals surface area (Å²) in [6.45, 7) is -3.07. The Kier molecular flexibility index (Phi) is 7.68. The molecule has 3 aromatic rings. The molecule has 0 saturated carbocycles. The molecule has 1 amide bonds. The number of ether oxygens (including phenoxy) is 1. The van der Waals surface area contributed by atoms with Crippen molar-refractivity contribution in [3.05, 3.63) is 71.5 Å². The molecule has 3 rings (SSSR count). The Bertz CT molecular complexity index is 1230. The molecule has 0 atom stereocenters. The number of hydrogen-bond acceptors (Lipinski definition) is 5. The molecule has 0 aliphatic rings. The normalized spacial score (nSPS) is 11.2. The molecule has 0 unspecified atom stereocenters. The molecule has 34 heavy (non-hydrogen) atoms. The highest BCUT2D eigenvalue weighted by Crippen LogP contribution is 2.38. The number of nitrogens with one attached hydrogen (secondary N) is 1. The molecular formula is C22H13F6N3O2S. The summed E-state index contributed by atoms with van der Waals surface area (Å²) in [6.07, 6.45) is -4.91. The molecule has 0 saturated heterocycles. The van der Waals surface area contributed by atoms with E-state index in [4.69, 9.17) is 0 Å². The average molecular weight is 497 g/mol. The van der Waals surface area contributed by atoms with Gasteiger partial charge < -0.3 is 10.1 Å². The number of rotatable bonds is 7. The summed E-state index contributed by atoms with van der Waals surface area (Å²) < 4.78 is 83.5. The third kappa shape index (κ3) is 6.20. The van der Waals surface area contributed by atoms with Gasteiger partial charge in [-0.3, -0.25) is 4.79 Å². The second-order valence-electron chi connectivity index (χ2n) is 6.56. The highest BCUT2D eigenvalue weighted by Gasteiger charge is 2.36. The van der Waals surface area contributed by atoms with Crippen LogP contribution in [0.5, 0.6) is 5.75 Å². The first-order chi connectivity index (χ1) is 16.1. The lowest BCUT2D eigenvalue weighted by atomic mass is 10.1. The molecule has 0 aliphatic heterocycles. The summed E-state index contributed by atoms with van der Waals surface area (Å²) in [6, 6.07) is 12.2. The van der Waals surface area contributed by atoms with Crippen molar-refractivity contribution in [2.24, 2.45) is 0 Å². The molecule has 1 N–H and O–H groups in total. The maximum Gasteiger partial charge on any atom is 0.417 e. The van der Waals surface area contributed by atoms with Crippen LogP contribution in [0.2, 0.25) is 0 Å². The average Bonchev–Trinajstić information content (AvgIpc) is 2.78. The molecule has 1 heterocycles. The van der Waals surface area contributed by atoms with Crippen LogP contribution in [0.1, 0.15) is 11.1 Å². The quantitative estimate of drug-likeness (QED) is 0.315. The van der Waals surface area contributed by atoms with Gasteiger partial charge in [-0.1, -0.05) is 23.9 Å². The van der Waals surface area contributed by atoms with Crippen LogP contribution in [0.25, 0.3) is 11.3 Å². The van der Waals surface area contributed by atoms with Gasteiger partial charge in [0.05, 0.1) is 28.3 Å². The van der Waals surface area contributed by atoms with Crippen molar-refractivity contribution in [1.82, 2.24) is 4.98 Å². The van der Waals surface area contributed by atoms with Gasteiger partial charge in [0.15, 0.2) is 0 Å². The molecule has 0 aliphatic carbocycles. The zero-order valence-electron chi connectivity index (χ0n) is 16.9. The van der Waals surface area contributed by atoms with E-state index in [1.54, 1.807) is 0 Å². The summed E-state index contributed by atoms with van der Waals surface area (Å²) in [4.78, 5) is 16.3. The molecule has 0 spiro atoms. The number of nitriles is 1. The van der Waals surface area contributed by atoms with Crippen molar-refractivity contribution < 1.29 is 35.9 Å². The molecule has 2 aromatic carbocycles. The molecule has 0 bridgehead atoms. The van der Waals surface area contributed by atoms with E-state index >= 15 is 0 Å². The number of benzene rings is 2. The van der Waals surface area contributed by atoms with Crippen LogP contribution in [-0.4, -0.2) is 23.3 Å². The second-order valence-corrected chi connectivity index (χ2v) is 7.53. The first kappa shape index (κ1) is 24.9. The summed E-state index contributed by atoms with van der Waals surface area (Å²) in [5.74, 6) is -2.09. The number of hydrogen-bond donors (Lipinski definition) is 1. The fraction of sp³-hybridized carbons (Fsp3) is 0.136. The monoisotopic (exact) mass is 497 g/mol. The number of nitrogens with zero attached hydrogens (tertiary/aromatic N) is 2. The van der Waals surface area contributed by atoms with Crippen LogP contribution in [0.15, 0.2) is 59.6 Å². The molecule has 5 nitrogen and oxygen atoms in total. The zero-order valence-corrected chi connectivity index (χ0v) is 17.7. The Morgan fingerprint density at radius 2 is 1.82 bits per heavy atom. The minimum atomic E-state index is -4.91. The molecule has 0 radical (unpaired) electrons. The van der Waals surface area contributed by atoms with Crippen molar-refractivity contribution in [3.63, 3.8) is 0 Å². The van der Waals surface area contributed by atoms with Gasteiger partial charge in [0.2, 0.25) is 5.91 Å². The van der Waals surface area contributed by atoms with Gasteiger partial charge in [-0.05, 0) is 42.5 Å².